The summed E-state index contributed by atoms with van der Waals surface area (Å²) in [6, 6.07) is 6.94. The number of aryl methyl sites for hydroxylation is 3. The van der Waals surface area contributed by atoms with Crippen molar-refractivity contribution in [3.8, 4) is 11.3 Å². The first-order valence-corrected chi connectivity index (χ1v) is 8.27. The minimum Gasteiger partial charge on any atom is -0.303 e. The lowest BCUT2D eigenvalue weighted by Crippen LogP contribution is -2.17. The van der Waals surface area contributed by atoms with Crippen LogP contribution in [-0.2, 0) is 6.54 Å². The highest BCUT2D eigenvalue weighted by atomic mass is 32.1. The lowest BCUT2D eigenvalue weighted by atomic mass is 10.0. The second-order valence-electron chi connectivity index (χ2n) is 5.90. The number of hydrogen-bond donors (Lipinski definition) is 1. The van der Waals surface area contributed by atoms with E-state index in [2.05, 4.69) is 9.97 Å². The smallest absolute Gasteiger partial charge is 0.264 e. The summed E-state index contributed by atoms with van der Waals surface area (Å²) in [7, 11) is 0. The molecule has 0 atom stereocenters. The molecule has 0 fully saturated rings. The molecule has 4 nitrogen and oxygen atoms in total. The Morgan fingerprint density at radius 1 is 1.24 bits per heavy atom. The van der Waals surface area contributed by atoms with Gasteiger partial charge in [-0.15, -0.1) is 0 Å². The highest BCUT2D eigenvalue weighted by Gasteiger charge is 2.20. The van der Waals surface area contributed by atoms with Crippen LogP contribution in [-0.4, -0.2) is 14.5 Å². The molecule has 0 bridgehead atoms. The summed E-state index contributed by atoms with van der Waals surface area (Å²) in [6.45, 7) is 6.16. The van der Waals surface area contributed by atoms with Gasteiger partial charge in [-0.05, 0) is 56.2 Å². The van der Waals surface area contributed by atoms with Crippen molar-refractivity contribution in [1.82, 2.24) is 14.5 Å². The van der Waals surface area contributed by atoms with Gasteiger partial charge in [-0.25, -0.2) is 13.8 Å². The van der Waals surface area contributed by atoms with Crippen LogP contribution in [0.5, 0.6) is 0 Å². The number of benzene rings is 1. The van der Waals surface area contributed by atoms with E-state index in [-0.39, 0.29) is 21.4 Å². The molecule has 0 amide bonds. The van der Waals surface area contributed by atoms with Gasteiger partial charge in [-0.1, -0.05) is 12.1 Å². The average Bonchev–Trinajstić information content (AvgIpc) is 2.56. The van der Waals surface area contributed by atoms with Crippen molar-refractivity contribution in [1.29, 1.82) is 0 Å². The number of alkyl halides is 2. The molecule has 25 heavy (non-hydrogen) atoms. The molecule has 0 aliphatic heterocycles. The highest BCUT2D eigenvalue weighted by Crippen LogP contribution is 2.30. The zero-order valence-corrected chi connectivity index (χ0v) is 14.9. The number of pyridine rings is 1. The maximum absolute atomic E-state index is 13.6. The van der Waals surface area contributed by atoms with Crippen LogP contribution in [0.4, 0.5) is 8.78 Å². The molecule has 3 aromatic rings. The Hall–Kier alpha value is -2.41. The molecule has 1 aromatic carbocycles. The van der Waals surface area contributed by atoms with Gasteiger partial charge in [0.05, 0.1) is 11.1 Å². The van der Waals surface area contributed by atoms with Gasteiger partial charge < -0.3 is 4.57 Å². The third-order valence-corrected chi connectivity index (χ3v) is 4.66. The Labute approximate surface area is 148 Å². The second-order valence-corrected chi connectivity index (χ2v) is 6.29. The van der Waals surface area contributed by atoms with Crippen molar-refractivity contribution in [2.24, 2.45) is 0 Å². The van der Waals surface area contributed by atoms with E-state index in [1.54, 1.807) is 4.57 Å². The Bertz CT molecular complexity index is 1090. The summed E-state index contributed by atoms with van der Waals surface area (Å²) in [5.41, 5.74) is 2.47. The van der Waals surface area contributed by atoms with Gasteiger partial charge in [0.15, 0.2) is 4.77 Å². The molecule has 7 heteroatoms. The van der Waals surface area contributed by atoms with Gasteiger partial charge in [-0.2, -0.15) is 0 Å². The quantitative estimate of drug-likeness (QED) is 0.688. The number of hydrogen-bond acceptors (Lipinski definition) is 3. The molecule has 130 valence electrons. The van der Waals surface area contributed by atoms with Crippen LogP contribution in [0.25, 0.3) is 22.3 Å². The predicted octanol–water partition coefficient (Wildman–Crippen LogP) is 4.70. The molecule has 0 aliphatic carbocycles. The number of rotatable bonds is 3. The van der Waals surface area contributed by atoms with Crippen LogP contribution in [0, 0.1) is 18.6 Å². The number of nitrogens with zero attached hydrogens (tertiary/aromatic N) is 2. The van der Waals surface area contributed by atoms with Gasteiger partial charge in [0.2, 0.25) is 0 Å². The van der Waals surface area contributed by atoms with Crippen molar-refractivity contribution >= 4 is 23.3 Å². The number of halogens is 2. The number of aromatic nitrogens is 3. The molecule has 2 aromatic heterocycles. The largest absolute Gasteiger partial charge is 0.303 e. The Morgan fingerprint density at radius 2 is 1.96 bits per heavy atom. The fourth-order valence-electron chi connectivity index (χ4n) is 2.82. The minimum absolute atomic E-state index is 0.113. The van der Waals surface area contributed by atoms with Crippen LogP contribution >= 0.6 is 12.2 Å². The lowest BCUT2D eigenvalue weighted by molar-refractivity contribution is 0.153. The van der Waals surface area contributed by atoms with Crippen LogP contribution in [0.15, 0.2) is 29.1 Å². The third-order valence-electron chi connectivity index (χ3n) is 4.33. The van der Waals surface area contributed by atoms with E-state index in [0.29, 0.717) is 12.2 Å². The second kappa shape index (κ2) is 6.48. The van der Waals surface area contributed by atoms with Gasteiger partial charge in [-0.3, -0.25) is 9.78 Å². The predicted molar refractivity (Wildman–Crippen MR) is 96.7 cm³/mol. The van der Waals surface area contributed by atoms with E-state index in [1.807, 2.05) is 39.0 Å². The van der Waals surface area contributed by atoms with E-state index in [4.69, 9.17) is 12.2 Å². The molecule has 0 unspecified atom stereocenters. The van der Waals surface area contributed by atoms with Crippen molar-refractivity contribution in [3.63, 3.8) is 0 Å². The summed E-state index contributed by atoms with van der Waals surface area (Å²) in [5.74, 6) is 0. The zero-order valence-electron chi connectivity index (χ0n) is 14.1. The Morgan fingerprint density at radius 3 is 2.56 bits per heavy atom. The van der Waals surface area contributed by atoms with Crippen molar-refractivity contribution in [2.45, 2.75) is 33.7 Å². The van der Waals surface area contributed by atoms with Gasteiger partial charge in [0.25, 0.3) is 12.0 Å². The van der Waals surface area contributed by atoms with Crippen molar-refractivity contribution in [2.75, 3.05) is 0 Å². The first-order valence-electron chi connectivity index (χ1n) is 7.87. The number of nitrogens with one attached hydrogen (secondary N) is 1. The van der Waals surface area contributed by atoms with Crippen LogP contribution in [0.1, 0.15) is 30.0 Å². The third kappa shape index (κ3) is 3.00. The summed E-state index contributed by atoms with van der Waals surface area (Å²) >= 11 is 5.15. The maximum atomic E-state index is 13.6. The summed E-state index contributed by atoms with van der Waals surface area (Å²) < 4.78 is 29.0. The van der Waals surface area contributed by atoms with Crippen molar-refractivity contribution < 1.29 is 8.78 Å². The number of H-pyrrole nitrogens is 1. The first-order chi connectivity index (χ1) is 11.8. The fraction of sp³-hybridized carbons (Fsp3) is 0.278. The van der Waals surface area contributed by atoms with Crippen molar-refractivity contribution in [3.05, 3.63) is 56.1 Å². The fourth-order valence-corrected chi connectivity index (χ4v) is 3.12. The molecule has 0 radical (unpaired) electrons. The standard InChI is InChI=1S/C18H17F2N3OS/c1-4-23-16-14(17(24)22-18(23)25)12(15(19)20)8-13(21-16)11-6-5-9(2)10(3)7-11/h5-8,15H,4H2,1-3H3,(H,22,24,25). The monoisotopic (exact) mass is 361 g/mol. The molecule has 2 heterocycles. The highest BCUT2D eigenvalue weighted by molar-refractivity contribution is 7.71. The van der Waals surface area contributed by atoms with E-state index < -0.39 is 12.0 Å². The molecular weight excluding hydrogens is 344 g/mol. The van der Waals surface area contributed by atoms with Crippen LogP contribution in [0.2, 0.25) is 0 Å². The van der Waals surface area contributed by atoms with Gasteiger partial charge >= 0.3 is 0 Å². The summed E-state index contributed by atoms with van der Waals surface area (Å²) in [4.78, 5) is 19.2. The molecule has 1 N–H and O–H groups in total. The number of fused-ring (bicyclic) bond motifs is 1. The van der Waals surface area contributed by atoms with Gasteiger partial charge in [0.1, 0.15) is 5.65 Å². The van der Waals surface area contributed by atoms with Crippen LogP contribution in [0.3, 0.4) is 0 Å². The Balaban J connectivity index is 2.44. The van der Waals surface area contributed by atoms with Crippen LogP contribution < -0.4 is 5.56 Å². The Kier molecular flexibility index (Phi) is 4.51. The average molecular weight is 361 g/mol. The zero-order chi connectivity index (χ0) is 18.3. The number of aromatic amines is 1. The molecule has 0 saturated carbocycles. The summed E-state index contributed by atoms with van der Waals surface area (Å²) in [6.07, 6.45) is -2.79. The molecule has 0 saturated heterocycles. The molecule has 0 spiro atoms. The minimum atomic E-state index is -2.79. The topological polar surface area (TPSA) is 50.7 Å². The van der Waals surface area contributed by atoms with E-state index in [0.717, 1.165) is 16.7 Å². The molecule has 0 aliphatic rings. The summed E-state index contributed by atoms with van der Waals surface area (Å²) in [5, 5.41) is -0.113. The maximum Gasteiger partial charge on any atom is 0.264 e. The first kappa shape index (κ1) is 17.4. The van der Waals surface area contributed by atoms with E-state index in [1.165, 1.54) is 6.07 Å². The molecular formula is C18H17F2N3OS. The SMILES string of the molecule is CCn1c(=S)[nH]c(=O)c2c(C(F)F)cc(-c3ccc(C)c(C)c3)nc21. The lowest BCUT2D eigenvalue weighted by Gasteiger charge is -2.13. The normalized spacial score (nSPS) is 11.4. The van der Waals surface area contributed by atoms with E-state index in [9.17, 15) is 13.6 Å². The van der Waals surface area contributed by atoms with Gasteiger partial charge in [0, 0.05) is 17.7 Å². The van der Waals surface area contributed by atoms with E-state index >= 15 is 0 Å². The molecule has 3 rings (SSSR count).